The lowest BCUT2D eigenvalue weighted by molar-refractivity contribution is -0.222. The lowest BCUT2D eigenvalue weighted by atomic mass is 10.0. The van der Waals surface area contributed by atoms with Crippen molar-refractivity contribution in [2.24, 2.45) is 0 Å². The van der Waals surface area contributed by atoms with Gasteiger partial charge in [-0.3, -0.25) is 0 Å². The van der Waals surface area contributed by atoms with Crippen LogP contribution in [0.3, 0.4) is 0 Å². The molecule has 0 radical (unpaired) electrons. The minimum atomic E-state index is -1.26. The van der Waals surface area contributed by atoms with E-state index >= 15 is 0 Å². The molecule has 1 aliphatic heterocycles. The number of benzene rings is 2. The zero-order valence-electron chi connectivity index (χ0n) is 13.7. The Labute approximate surface area is 150 Å². The number of carbonyl (C=O) groups is 2. The van der Waals surface area contributed by atoms with Gasteiger partial charge in [0.05, 0.1) is 0 Å². The Bertz CT molecular complexity index is 851. The van der Waals surface area contributed by atoms with Gasteiger partial charge in [0.15, 0.2) is 5.57 Å². The quantitative estimate of drug-likeness (QED) is 0.508. The Kier molecular flexibility index (Phi) is 4.51. The summed E-state index contributed by atoms with van der Waals surface area (Å²) in [4.78, 5) is 24.0. The molecule has 0 unspecified atom stereocenters. The molecule has 0 aromatic heterocycles. The molecule has 0 amide bonds. The lowest BCUT2D eigenvalue weighted by Crippen LogP contribution is -2.42. The van der Waals surface area contributed by atoms with Crippen LogP contribution in [-0.2, 0) is 19.1 Å². The third kappa shape index (κ3) is 3.83. The maximum Gasteiger partial charge on any atom is 0.350 e. The number of ether oxygens (including phenoxy) is 2. The normalized spacial score (nSPS) is 16.0. The van der Waals surface area contributed by atoms with E-state index in [-0.39, 0.29) is 5.57 Å². The van der Waals surface area contributed by atoms with Crippen molar-refractivity contribution in [3.63, 3.8) is 0 Å². The van der Waals surface area contributed by atoms with Gasteiger partial charge >= 0.3 is 11.9 Å². The summed E-state index contributed by atoms with van der Waals surface area (Å²) in [6.07, 6.45) is 1.29. The number of rotatable bonds is 3. The molecule has 2 aromatic rings. The highest BCUT2D eigenvalue weighted by Crippen LogP contribution is 2.30. The molecule has 0 spiro atoms. The van der Waals surface area contributed by atoms with Crippen LogP contribution in [0.2, 0.25) is 5.02 Å². The fourth-order valence-corrected chi connectivity index (χ4v) is 2.64. The van der Waals surface area contributed by atoms with Gasteiger partial charge in [-0.05, 0) is 23.8 Å². The number of hydrogen-bond donors (Lipinski definition) is 1. The number of cyclic esters (lactones) is 2. The van der Waals surface area contributed by atoms with Crippen LogP contribution < -0.4 is 5.32 Å². The standard InChI is InChI=1S/C19H16ClNO4/c1-19(2)24-17(22)15(18(23)25-19)11-21-16-9-4-3-8-14(16)12-6-5-7-13(20)10-12/h3-11,21H,1-2H3. The van der Waals surface area contributed by atoms with Crippen LogP contribution in [0.15, 0.2) is 60.3 Å². The zero-order chi connectivity index (χ0) is 18.0. The van der Waals surface area contributed by atoms with Crippen molar-refractivity contribution in [3.05, 3.63) is 65.3 Å². The third-order valence-corrected chi connectivity index (χ3v) is 3.79. The first-order chi connectivity index (χ1) is 11.9. The molecule has 3 rings (SSSR count). The topological polar surface area (TPSA) is 64.6 Å². The van der Waals surface area contributed by atoms with Gasteiger partial charge in [-0.1, -0.05) is 41.9 Å². The van der Waals surface area contributed by atoms with E-state index in [4.69, 9.17) is 21.1 Å². The molecule has 1 N–H and O–H groups in total. The van der Waals surface area contributed by atoms with E-state index < -0.39 is 17.7 Å². The predicted octanol–water partition coefficient (Wildman–Crippen LogP) is 4.14. The largest absolute Gasteiger partial charge is 0.419 e. The second kappa shape index (κ2) is 6.61. The summed E-state index contributed by atoms with van der Waals surface area (Å²) in [6.45, 7) is 3.00. The van der Waals surface area contributed by atoms with Crippen molar-refractivity contribution in [3.8, 4) is 11.1 Å². The van der Waals surface area contributed by atoms with Crippen molar-refractivity contribution in [1.29, 1.82) is 0 Å². The van der Waals surface area contributed by atoms with Gasteiger partial charge in [0.1, 0.15) is 0 Å². The van der Waals surface area contributed by atoms with Crippen LogP contribution in [0.4, 0.5) is 5.69 Å². The average Bonchev–Trinajstić information content (AvgIpc) is 2.53. The van der Waals surface area contributed by atoms with Gasteiger partial charge in [-0.25, -0.2) is 9.59 Å². The smallest absolute Gasteiger partial charge is 0.350 e. The van der Waals surface area contributed by atoms with E-state index in [0.717, 1.165) is 11.1 Å². The molecule has 0 saturated carbocycles. The summed E-state index contributed by atoms with van der Waals surface area (Å²) < 4.78 is 10.1. The van der Waals surface area contributed by atoms with E-state index in [1.807, 2.05) is 42.5 Å². The number of nitrogens with one attached hydrogen (secondary N) is 1. The fourth-order valence-electron chi connectivity index (χ4n) is 2.45. The number of esters is 2. The molecule has 6 heteroatoms. The maximum absolute atomic E-state index is 12.0. The molecule has 0 bridgehead atoms. The Morgan fingerprint density at radius 3 is 2.36 bits per heavy atom. The number of para-hydroxylation sites is 1. The van der Waals surface area contributed by atoms with Gasteiger partial charge in [0, 0.05) is 36.3 Å². The molecular formula is C19H16ClNO4. The summed E-state index contributed by atoms with van der Waals surface area (Å²) in [5.74, 6) is -2.72. The Morgan fingerprint density at radius 2 is 1.68 bits per heavy atom. The van der Waals surface area contributed by atoms with Gasteiger partial charge in [-0.15, -0.1) is 0 Å². The molecule has 0 aliphatic carbocycles. The van der Waals surface area contributed by atoms with E-state index in [1.54, 1.807) is 6.07 Å². The number of anilines is 1. The molecular weight excluding hydrogens is 342 g/mol. The molecule has 1 heterocycles. The van der Waals surface area contributed by atoms with E-state index in [9.17, 15) is 9.59 Å². The van der Waals surface area contributed by atoms with Crippen LogP contribution >= 0.6 is 11.6 Å². The Balaban J connectivity index is 1.90. The summed E-state index contributed by atoms with van der Waals surface area (Å²) in [7, 11) is 0. The molecule has 1 aliphatic rings. The number of halogens is 1. The molecule has 5 nitrogen and oxygen atoms in total. The molecule has 1 fully saturated rings. The van der Waals surface area contributed by atoms with Crippen LogP contribution in [0, 0.1) is 0 Å². The third-order valence-electron chi connectivity index (χ3n) is 3.55. The minimum Gasteiger partial charge on any atom is -0.419 e. The van der Waals surface area contributed by atoms with Gasteiger partial charge < -0.3 is 14.8 Å². The number of carbonyl (C=O) groups excluding carboxylic acids is 2. The highest BCUT2D eigenvalue weighted by Gasteiger charge is 2.38. The SMILES string of the molecule is CC1(C)OC(=O)C(=CNc2ccccc2-c2cccc(Cl)c2)C(=O)O1. The van der Waals surface area contributed by atoms with Gasteiger partial charge in [0.2, 0.25) is 0 Å². The summed E-state index contributed by atoms with van der Waals surface area (Å²) in [6, 6.07) is 14.9. The second-order valence-corrected chi connectivity index (χ2v) is 6.37. The summed E-state index contributed by atoms with van der Waals surface area (Å²) in [5.41, 5.74) is 2.30. The second-order valence-electron chi connectivity index (χ2n) is 5.94. The Hall–Kier alpha value is -2.79. The van der Waals surface area contributed by atoms with Gasteiger partial charge in [-0.2, -0.15) is 0 Å². The average molecular weight is 358 g/mol. The van der Waals surface area contributed by atoms with Crippen molar-refractivity contribution in [2.45, 2.75) is 19.6 Å². The molecule has 25 heavy (non-hydrogen) atoms. The maximum atomic E-state index is 12.0. The molecule has 2 aromatic carbocycles. The van der Waals surface area contributed by atoms with Crippen molar-refractivity contribution in [1.82, 2.24) is 0 Å². The molecule has 1 saturated heterocycles. The minimum absolute atomic E-state index is 0.194. The summed E-state index contributed by atoms with van der Waals surface area (Å²) >= 11 is 6.06. The van der Waals surface area contributed by atoms with Crippen molar-refractivity contribution >= 4 is 29.2 Å². The first-order valence-electron chi connectivity index (χ1n) is 7.64. The number of hydrogen-bond acceptors (Lipinski definition) is 5. The Morgan fingerprint density at radius 1 is 1.00 bits per heavy atom. The highest BCUT2D eigenvalue weighted by molar-refractivity contribution is 6.30. The first kappa shape index (κ1) is 17.0. The van der Waals surface area contributed by atoms with Crippen LogP contribution in [0.25, 0.3) is 11.1 Å². The molecule has 0 atom stereocenters. The van der Waals surface area contributed by atoms with E-state index in [0.29, 0.717) is 10.7 Å². The van der Waals surface area contributed by atoms with E-state index in [1.165, 1.54) is 20.0 Å². The lowest BCUT2D eigenvalue weighted by Gasteiger charge is -2.29. The first-order valence-corrected chi connectivity index (χ1v) is 8.02. The monoisotopic (exact) mass is 357 g/mol. The van der Waals surface area contributed by atoms with Crippen LogP contribution in [0.1, 0.15) is 13.8 Å². The van der Waals surface area contributed by atoms with Crippen molar-refractivity contribution < 1.29 is 19.1 Å². The summed E-state index contributed by atoms with van der Waals surface area (Å²) in [5, 5.41) is 3.60. The van der Waals surface area contributed by atoms with E-state index in [2.05, 4.69) is 5.32 Å². The zero-order valence-corrected chi connectivity index (χ0v) is 14.5. The van der Waals surface area contributed by atoms with Crippen molar-refractivity contribution in [2.75, 3.05) is 5.32 Å². The highest BCUT2D eigenvalue weighted by atomic mass is 35.5. The molecule has 128 valence electrons. The van der Waals surface area contributed by atoms with Crippen LogP contribution in [-0.4, -0.2) is 17.7 Å². The fraction of sp³-hybridized carbons (Fsp3) is 0.158. The van der Waals surface area contributed by atoms with Crippen LogP contribution in [0.5, 0.6) is 0 Å². The van der Waals surface area contributed by atoms with Gasteiger partial charge in [0.25, 0.3) is 5.79 Å². The predicted molar refractivity (Wildman–Crippen MR) is 94.9 cm³/mol.